The van der Waals surface area contributed by atoms with E-state index < -0.39 is 16.9 Å². The molecule has 3 amide bonds. The Bertz CT molecular complexity index is 667. The van der Waals surface area contributed by atoms with E-state index in [1.807, 2.05) is 5.32 Å². The van der Waals surface area contributed by atoms with E-state index in [1.54, 1.807) is 0 Å². The maximum absolute atomic E-state index is 11.5. The Kier molecular flexibility index (Phi) is 3.74. The van der Waals surface area contributed by atoms with Crippen LogP contribution < -0.4 is 20.1 Å². The molecule has 9 heteroatoms. The molecule has 2 N–H and O–H groups in total. The van der Waals surface area contributed by atoms with Crippen molar-refractivity contribution in [3.63, 3.8) is 0 Å². The lowest BCUT2D eigenvalue weighted by atomic mass is 10.1. The molecule has 0 bridgehead atoms. The van der Waals surface area contributed by atoms with Crippen LogP contribution in [0.3, 0.4) is 0 Å². The number of ether oxygens (including phenoxy) is 2. The highest BCUT2D eigenvalue weighted by Crippen LogP contribution is 2.35. The van der Waals surface area contributed by atoms with Crippen LogP contribution in [0.5, 0.6) is 11.5 Å². The van der Waals surface area contributed by atoms with Crippen LogP contribution in [0, 0.1) is 10.1 Å². The molecule has 9 nitrogen and oxygen atoms in total. The molecule has 1 aromatic rings. The Morgan fingerprint density at radius 2 is 1.76 bits per heavy atom. The van der Waals surface area contributed by atoms with E-state index in [9.17, 15) is 19.7 Å². The van der Waals surface area contributed by atoms with Gasteiger partial charge in [0.15, 0.2) is 11.5 Å². The van der Waals surface area contributed by atoms with Crippen molar-refractivity contribution >= 4 is 23.7 Å². The number of hydrogen-bond donors (Lipinski definition) is 2. The summed E-state index contributed by atoms with van der Waals surface area (Å²) in [7, 11) is 2.73. The van der Waals surface area contributed by atoms with Crippen LogP contribution >= 0.6 is 0 Å². The van der Waals surface area contributed by atoms with Crippen LogP contribution in [0.1, 0.15) is 5.56 Å². The van der Waals surface area contributed by atoms with Gasteiger partial charge in [0.25, 0.3) is 11.6 Å². The number of carbonyl (C=O) groups excluding carboxylic acids is 2. The summed E-state index contributed by atoms with van der Waals surface area (Å²) in [6.45, 7) is 0. The van der Waals surface area contributed by atoms with Gasteiger partial charge < -0.3 is 14.8 Å². The number of methoxy groups -OCH3 is 2. The van der Waals surface area contributed by atoms with Crippen molar-refractivity contribution in [2.24, 2.45) is 0 Å². The molecule has 0 saturated carbocycles. The number of hydrogen-bond acceptors (Lipinski definition) is 6. The third-order valence-electron chi connectivity index (χ3n) is 2.75. The zero-order chi connectivity index (χ0) is 15.6. The summed E-state index contributed by atoms with van der Waals surface area (Å²) >= 11 is 0. The SMILES string of the molecule is COc1cc(C=C2NC(=O)NC2=O)c([N+](=O)[O-])cc1OC. The lowest BCUT2D eigenvalue weighted by Gasteiger charge is -2.09. The van der Waals surface area contributed by atoms with Gasteiger partial charge in [-0.2, -0.15) is 0 Å². The monoisotopic (exact) mass is 293 g/mol. The van der Waals surface area contributed by atoms with Crippen LogP contribution in [0.4, 0.5) is 10.5 Å². The first-order chi connectivity index (χ1) is 9.96. The molecular formula is C12H11N3O6. The van der Waals surface area contributed by atoms with E-state index in [-0.39, 0.29) is 28.4 Å². The van der Waals surface area contributed by atoms with E-state index in [1.165, 1.54) is 32.4 Å². The molecule has 1 aliphatic rings. The fourth-order valence-corrected chi connectivity index (χ4v) is 1.80. The van der Waals surface area contributed by atoms with Gasteiger partial charge in [0.05, 0.1) is 30.8 Å². The summed E-state index contributed by atoms with van der Waals surface area (Å²) in [5.74, 6) is -0.213. The lowest BCUT2D eigenvalue weighted by molar-refractivity contribution is -0.385. The van der Waals surface area contributed by atoms with Gasteiger partial charge in [0, 0.05) is 0 Å². The summed E-state index contributed by atoms with van der Waals surface area (Å²) in [4.78, 5) is 33.0. The number of nitrogens with zero attached hydrogens (tertiary/aromatic N) is 1. The maximum atomic E-state index is 11.5. The van der Waals surface area contributed by atoms with Crippen LogP contribution in [-0.2, 0) is 4.79 Å². The van der Waals surface area contributed by atoms with Crippen molar-refractivity contribution in [2.75, 3.05) is 14.2 Å². The molecule has 0 radical (unpaired) electrons. The highest BCUT2D eigenvalue weighted by atomic mass is 16.6. The first-order valence-electron chi connectivity index (χ1n) is 5.70. The summed E-state index contributed by atoms with van der Waals surface area (Å²) in [6.07, 6.45) is 1.19. The largest absolute Gasteiger partial charge is 0.493 e. The van der Waals surface area contributed by atoms with Gasteiger partial charge in [-0.05, 0) is 12.1 Å². The Balaban J connectivity index is 2.56. The molecule has 1 fully saturated rings. The van der Waals surface area contributed by atoms with Gasteiger partial charge >= 0.3 is 6.03 Å². The molecule has 0 unspecified atom stereocenters. The number of nitro benzene ring substituents is 1. The van der Waals surface area contributed by atoms with Gasteiger partial charge in [0.2, 0.25) is 0 Å². The van der Waals surface area contributed by atoms with Crippen molar-refractivity contribution in [2.45, 2.75) is 0 Å². The summed E-state index contributed by atoms with van der Waals surface area (Å²) in [5, 5.41) is 15.4. The minimum absolute atomic E-state index is 0.0877. The molecule has 0 aliphatic carbocycles. The van der Waals surface area contributed by atoms with Gasteiger partial charge in [-0.3, -0.25) is 20.2 Å². The van der Waals surface area contributed by atoms with Crippen molar-refractivity contribution in [1.82, 2.24) is 10.6 Å². The Labute approximate surface area is 118 Å². The van der Waals surface area contributed by atoms with E-state index >= 15 is 0 Å². The second-order valence-corrected chi connectivity index (χ2v) is 3.99. The van der Waals surface area contributed by atoms with Gasteiger partial charge in [-0.25, -0.2) is 4.79 Å². The average molecular weight is 293 g/mol. The van der Waals surface area contributed by atoms with Gasteiger partial charge in [-0.15, -0.1) is 0 Å². The van der Waals surface area contributed by atoms with Crippen molar-refractivity contribution in [3.05, 3.63) is 33.5 Å². The quantitative estimate of drug-likeness (QED) is 0.366. The standard InChI is InChI=1S/C12H11N3O6/c1-20-9-4-6(3-7-11(16)14-12(17)13-7)8(15(18)19)5-10(9)21-2/h3-5H,1-2H3,(H2,13,14,16,17). The predicted octanol–water partition coefficient (Wildman–Crippen LogP) is 0.792. The molecule has 0 aromatic heterocycles. The Hall–Kier alpha value is -3.10. The number of urea groups is 1. The minimum atomic E-state index is -0.686. The molecule has 0 spiro atoms. The fraction of sp³-hybridized carbons (Fsp3) is 0.167. The first-order valence-corrected chi connectivity index (χ1v) is 5.70. The summed E-state index contributed by atoms with van der Waals surface area (Å²) < 4.78 is 10.1. The third-order valence-corrected chi connectivity index (χ3v) is 2.75. The van der Waals surface area contributed by atoms with Crippen LogP contribution in [-0.4, -0.2) is 31.1 Å². The molecule has 1 saturated heterocycles. The number of amides is 3. The fourth-order valence-electron chi connectivity index (χ4n) is 1.80. The molecule has 1 aromatic carbocycles. The van der Waals surface area contributed by atoms with Gasteiger partial charge in [-0.1, -0.05) is 0 Å². The third kappa shape index (κ3) is 2.76. The molecular weight excluding hydrogens is 282 g/mol. The molecule has 110 valence electrons. The zero-order valence-electron chi connectivity index (χ0n) is 11.1. The van der Waals surface area contributed by atoms with E-state index in [0.717, 1.165) is 0 Å². The number of nitro groups is 1. The Morgan fingerprint density at radius 1 is 1.14 bits per heavy atom. The molecule has 1 aliphatic heterocycles. The van der Waals surface area contributed by atoms with E-state index in [0.29, 0.717) is 0 Å². The Morgan fingerprint density at radius 3 is 2.24 bits per heavy atom. The number of carbonyl (C=O) groups is 2. The molecule has 1 heterocycles. The van der Waals surface area contributed by atoms with Crippen molar-refractivity contribution < 1.29 is 24.0 Å². The lowest BCUT2D eigenvalue weighted by Crippen LogP contribution is -2.22. The van der Waals surface area contributed by atoms with Crippen LogP contribution in [0.15, 0.2) is 17.8 Å². The van der Waals surface area contributed by atoms with Crippen molar-refractivity contribution in [1.29, 1.82) is 0 Å². The van der Waals surface area contributed by atoms with Crippen LogP contribution in [0.2, 0.25) is 0 Å². The second kappa shape index (κ2) is 5.49. The summed E-state index contributed by atoms with van der Waals surface area (Å²) in [6, 6.07) is 1.84. The molecule has 21 heavy (non-hydrogen) atoms. The zero-order valence-corrected chi connectivity index (χ0v) is 11.1. The highest BCUT2D eigenvalue weighted by molar-refractivity contribution is 6.14. The number of imide groups is 1. The average Bonchev–Trinajstić information content (AvgIpc) is 2.76. The first kappa shape index (κ1) is 14.3. The predicted molar refractivity (Wildman–Crippen MR) is 70.9 cm³/mol. The summed E-state index contributed by atoms with van der Waals surface area (Å²) in [5.41, 5.74) is -0.269. The number of nitrogens with one attached hydrogen (secondary N) is 2. The molecule has 2 rings (SSSR count). The normalized spacial score (nSPS) is 15.6. The van der Waals surface area contributed by atoms with Crippen molar-refractivity contribution in [3.8, 4) is 11.5 Å². The minimum Gasteiger partial charge on any atom is -0.493 e. The number of rotatable bonds is 4. The van der Waals surface area contributed by atoms with E-state index in [2.05, 4.69) is 5.32 Å². The molecule has 0 atom stereocenters. The maximum Gasteiger partial charge on any atom is 0.326 e. The topological polar surface area (TPSA) is 120 Å². The highest BCUT2D eigenvalue weighted by Gasteiger charge is 2.25. The van der Waals surface area contributed by atoms with E-state index in [4.69, 9.17) is 9.47 Å². The number of benzene rings is 1. The second-order valence-electron chi connectivity index (χ2n) is 3.99. The smallest absolute Gasteiger partial charge is 0.326 e. The van der Waals surface area contributed by atoms with Gasteiger partial charge in [0.1, 0.15) is 5.70 Å². The van der Waals surface area contributed by atoms with Crippen LogP contribution in [0.25, 0.3) is 6.08 Å².